The molecule has 1 amide bonds. The van der Waals surface area contributed by atoms with Gasteiger partial charge in [-0.25, -0.2) is 9.18 Å². The van der Waals surface area contributed by atoms with Gasteiger partial charge in [-0.15, -0.1) is 0 Å². The molecule has 0 aliphatic heterocycles. The highest BCUT2D eigenvalue weighted by Crippen LogP contribution is 2.31. The molecule has 178 valence electrons. The number of benzene rings is 3. The molecule has 4 aromatic rings. The standard InChI is InChI=1S/C27H22FNO6/c1-17-7-12-22-21(15-17)25(31)24(19-8-10-20(28)11-9-19)26(34-22)35-27(32)29-14-13-23(30)33-16-18-5-3-2-4-6-18/h2-12,15H,13-14,16H2,1H3,(H,29,32). The number of hydrogen-bond acceptors (Lipinski definition) is 6. The number of esters is 1. The van der Waals surface area contributed by atoms with Crippen LogP contribution in [0.3, 0.4) is 0 Å². The Kier molecular flexibility index (Phi) is 7.21. The summed E-state index contributed by atoms with van der Waals surface area (Å²) in [6.07, 6.45) is -0.993. The van der Waals surface area contributed by atoms with Crippen LogP contribution in [0.4, 0.5) is 9.18 Å². The number of ether oxygens (including phenoxy) is 2. The second-order valence-corrected chi connectivity index (χ2v) is 7.81. The van der Waals surface area contributed by atoms with E-state index >= 15 is 0 Å². The monoisotopic (exact) mass is 475 g/mol. The van der Waals surface area contributed by atoms with Gasteiger partial charge in [0.15, 0.2) is 0 Å². The van der Waals surface area contributed by atoms with Gasteiger partial charge in [0.25, 0.3) is 0 Å². The van der Waals surface area contributed by atoms with Crippen molar-refractivity contribution in [1.29, 1.82) is 0 Å². The first-order chi connectivity index (χ1) is 16.9. The van der Waals surface area contributed by atoms with E-state index in [1.807, 2.05) is 37.3 Å². The number of nitrogens with one attached hydrogen (secondary N) is 1. The molecule has 0 saturated carbocycles. The van der Waals surface area contributed by atoms with E-state index in [0.29, 0.717) is 10.9 Å². The molecular formula is C27H22FNO6. The van der Waals surface area contributed by atoms with Crippen LogP contribution in [0, 0.1) is 12.7 Å². The number of carbonyl (C=O) groups excluding carboxylic acids is 2. The van der Waals surface area contributed by atoms with Crippen molar-refractivity contribution in [3.05, 3.63) is 100.0 Å². The van der Waals surface area contributed by atoms with E-state index in [2.05, 4.69) is 5.32 Å². The SMILES string of the molecule is Cc1ccc2oc(OC(=O)NCCC(=O)OCc3ccccc3)c(-c3ccc(F)cc3)c(=O)c2c1. The summed E-state index contributed by atoms with van der Waals surface area (Å²) in [5.74, 6) is -1.30. The second-order valence-electron chi connectivity index (χ2n) is 7.81. The van der Waals surface area contributed by atoms with Gasteiger partial charge in [0, 0.05) is 6.54 Å². The Morgan fingerprint density at radius 3 is 2.49 bits per heavy atom. The van der Waals surface area contributed by atoms with E-state index in [1.165, 1.54) is 24.3 Å². The van der Waals surface area contributed by atoms with E-state index in [9.17, 15) is 18.8 Å². The van der Waals surface area contributed by atoms with E-state index in [4.69, 9.17) is 13.9 Å². The molecule has 0 bridgehead atoms. The molecule has 0 aliphatic carbocycles. The second kappa shape index (κ2) is 10.6. The normalized spacial score (nSPS) is 10.7. The Balaban J connectivity index is 1.46. The third-order valence-electron chi connectivity index (χ3n) is 5.17. The minimum Gasteiger partial charge on any atom is -0.461 e. The number of aryl methyl sites for hydroxylation is 1. The highest BCUT2D eigenvalue weighted by Gasteiger charge is 2.21. The number of rotatable bonds is 7. The zero-order valence-corrected chi connectivity index (χ0v) is 18.9. The molecule has 0 spiro atoms. The van der Waals surface area contributed by atoms with Crippen molar-refractivity contribution in [3.63, 3.8) is 0 Å². The maximum Gasteiger partial charge on any atom is 0.415 e. The summed E-state index contributed by atoms with van der Waals surface area (Å²) in [5.41, 5.74) is 1.83. The van der Waals surface area contributed by atoms with E-state index in [-0.39, 0.29) is 36.7 Å². The fraction of sp³-hybridized carbons (Fsp3) is 0.148. The molecule has 0 aliphatic rings. The Morgan fingerprint density at radius 2 is 1.74 bits per heavy atom. The quantitative estimate of drug-likeness (QED) is 0.373. The van der Waals surface area contributed by atoms with Gasteiger partial charge in [-0.05, 0) is 42.3 Å². The molecule has 3 aromatic carbocycles. The van der Waals surface area contributed by atoms with Crippen molar-refractivity contribution >= 4 is 23.0 Å². The predicted octanol–water partition coefficient (Wildman–Crippen LogP) is 5.13. The third kappa shape index (κ3) is 5.92. The number of fused-ring (bicyclic) bond motifs is 1. The average molecular weight is 475 g/mol. The highest BCUT2D eigenvalue weighted by atomic mass is 19.1. The topological polar surface area (TPSA) is 94.8 Å². The lowest BCUT2D eigenvalue weighted by Gasteiger charge is -2.11. The molecule has 0 unspecified atom stereocenters. The van der Waals surface area contributed by atoms with E-state index in [0.717, 1.165) is 11.1 Å². The van der Waals surface area contributed by atoms with Crippen LogP contribution in [0.2, 0.25) is 0 Å². The fourth-order valence-corrected chi connectivity index (χ4v) is 3.42. The van der Waals surface area contributed by atoms with Crippen LogP contribution in [0.25, 0.3) is 22.1 Å². The number of carbonyl (C=O) groups is 2. The van der Waals surface area contributed by atoms with Gasteiger partial charge in [-0.3, -0.25) is 9.59 Å². The largest absolute Gasteiger partial charge is 0.461 e. The number of halogens is 1. The molecule has 4 rings (SSSR count). The molecule has 8 heteroatoms. The molecule has 35 heavy (non-hydrogen) atoms. The summed E-state index contributed by atoms with van der Waals surface area (Å²) in [4.78, 5) is 37.6. The smallest absolute Gasteiger partial charge is 0.415 e. The average Bonchev–Trinajstić information content (AvgIpc) is 2.85. The Labute approximate surface area is 200 Å². The van der Waals surface area contributed by atoms with E-state index < -0.39 is 23.3 Å². The number of amides is 1. The maximum atomic E-state index is 13.4. The first-order valence-corrected chi connectivity index (χ1v) is 10.9. The van der Waals surface area contributed by atoms with Gasteiger partial charge in [-0.2, -0.15) is 0 Å². The van der Waals surface area contributed by atoms with Crippen LogP contribution in [0.1, 0.15) is 17.5 Å². The van der Waals surface area contributed by atoms with Crippen LogP contribution in [-0.4, -0.2) is 18.6 Å². The minimum atomic E-state index is -0.918. The lowest BCUT2D eigenvalue weighted by Crippen LogP contribution is -2.30. The van der Waals surface area contributed by atoms with Crippen LogP contribution >= 0.6 is 0 Å². The van der Waals surface area contributed by atoms with Crippen molar-refractivity contribution in [2.75, 3.05) is 6.54 Å². The summed E-state index contributed by atoms with van der Waals surface area (Å²) in [6, 6.07) is 19.4. The molecule has 0 fully saturated rings. The minimum absolute atomic E-state index is 0.0134. The lowest BCUT2D eigenvalue weighted by atomic mass is 10.0. The van der Waals surface area contributed by atoms with Crippen LogP contribution < -0.4 is 15.5 Å². The number of hydrogen-bond donors (Lipinski definition) is 1. The molecule has 1 heterocycles. The molecule has 1 aromatic heterocycles. The summed E-state index contributed by atoms with van der Waals surface area (Å²) in [6.45, 7) is 1.92. The summed E-state index contributed by atoms with van der Waals surface area (Å²) < 4.78 is 29.6. The van der Waals surface area contributed by atoms with Crippen LogP contribution in [0.15, 0.2) is 82.0 Å². The maximum absolute atomic E-state index is 13.4. The van der Waals surface area contributed by atoms with Gasteiger partial charge in [0.2, 0.25) is 5.43 Å². The van der Waals surface area contributed by atoms with Gasteiger partial charge in [0.05, 0.1) is 11.8 Å². The molecule has 0 atom stereocenters. The Bertz CT molecular complexity index is 1410. The molecule has 1 N–H and O–H groups in total. The Hall–Kier alpha value is -4.46. The van der Waals surface area contributed by atoms with Crippen molar-refractivity contribution in [3.8, 4) is 17.1 Å². The van der Waals surface area contributed by atoms with Crippen molar-refractivity contribution in [2.24, 2.45) is 0 Å². The molecule has 7 nitrogen and oxygen atoms in total. The van der Waals surface area contributed by atoms with Crippen LogP contribution in [-0.2, 0) is 16.1 Å². The zero-order chi connectivity index (χ0) is 24.8. The van der Waals surface area contributed by atoms with Gasteiger partial charge in [-0.1, -0.05) is 54.1 Å². The third-order valence-corrected chi connectivity index (χ3v) is 5.17. The van der Waals surface area contributed by atoms with Crippen molar-refractivity contribution in [1.82, 2.24) is 5.32 Å². The summed E-state index contributed by atoms with van der Waals surface area (Å²) in [7, 11) is 0. The van der Waals surface area contributed by atoms with E-state index in [1.54, 1.807) is 18.2 Å². The summed E-state index contributed by atoms with van der Waals surface area (Å²) in [5, 5.41) is 2.74. The van der Waals surface area contributed by atoms with Gasteiger partial charge < -0.3 is 19.2 Å². The van der Waals surface area contributed by atoms with Crippen molar-refractivity contribution < 1.29 is 27.9 Å². The predicted molar refractivity (Wildman–Crippen MR) is 127 cm³/mol. The first kappa shape index (κ1) is 23.7. The summed E-state index contributed by atoms with van der Waals surface area (Å²) >= 11 is 0. The molecular weight excluding hydrogens is 453 g/mol. The van der Waals surface area contributed by atoms with Crippen LogP contribution in [0.5, 0.6) is 5.95 Å². The molecule has 0 saturated heterocycles. The first-order valence-electron chi connectivity index (χ1n) is 10.9. The zero-order valence-electron chi connectivity index (χ0n) is 18.9. The molecule has 0 radical (unpaired) electrons. The Morgan fingerprint density at radius 1 is 1.00 bits per heavy atom. The fourth-order valence-electron chi connectivity index (χ4n) is 3.42. The van der Waals surface area contributed by atoms with Crippen molar-refractivity contribution in [2.45, 2.75) is 20.0 Å². The lowest BCUT2D eigenvalue weighted by molar-refractivity contribution is -0.144. The highest BCUT2D eigenvalue weighted by molar-refractivity contribution is 5.85. The van der Waals surface area contributed by atoms with Gasteiger partial charge >= 0.3 is 18.0 Å². The van der Waals surface area contributed by atoms with Gasteiger partial charge in [0.1, 0.15) is 23.6 Å².